The van der Waals surface area contributed by atoms with Crippen LogP contribution in [0.5, 0.6) is 0 Å². The molecule has 19 heavy (non-hydrogen) atoms. The van der Waals surface area contributed by atoms with E-state index >= 15 is 0 Å². The molecule has 1 N–H and O–H groups in total. The summed E-state index contributed by atoms with van der Waals surface area (Å²) in [6, 6.07) is 5.17. The second-order valence-electron chi connectivity index (χ2n) is 4.77. The van der Waals surface area contributed by atoms with Crippen LogP contribution in [0.15, 0.2) is 32.0 Å². The fourth-order valence-corrected chi connectivity index (χ4v) is 4.90. The zero-order valence-electron chi connectivity index (χ0n) is 10.6. The number of halogens is 2. The largest absolute Gasteiger partial charge is 0.306 e. The lowest BCUT2D eigenvalue weighted by Crippen LogP contribution is -2.43. The van der Waals surface area contributed by atoms with Gasteiger partial charge in [-0.05, 0) is 67.1 Å². The number of nitrogens with zero attached hydrogens (tertiary/aromatic N) is 1. The average Bonchev–Trinajstić information content (AvgIpc) is 2.35. The van der Waals surface area contributed by atoms with Crippen LogP contribution in [0.4, 0.5) is 0 Å². The van der Waals surface area contributed by atoms with Crippen molar-refractivity contribution in [3.8, 4) is 0 Å². The molecule has 7 heteroatoms. The highest BCUT2D eigenvalue weighted by molar-refractivity contribution is 9.11. The number of piperidine rings is 1. The summed E-state index contributed by atoms with van der Waals surface area (Å²) in [5.41, 5.74) is 0. The first-order valence-electron chi connectivity index (χ1n) is 6.04. The molecule has 0 aliphatic carbocycles. The molecule has 1 heterocycles. The summed E-state index contributed by atoms with van der Waals surface area (Å²) in [5, 5.41) is 0. The highest BCUT2D eigenvalue weighted by Crippen LogP contribution is 2.26. The molecule has 1 fully saturated rings. The summed E-state index contributed by atoms with van der Waals surface area (Å²) in [4.78, 5) is 2.49. The number of benzene rings is 1. The van der Waals surface area contributed by atoms with E-state index < -0.39 is 10.0 Å². The van der Waals surface area contributed by atoms with Gasteiger partial charge in [-0.15, -0.1) is 0 Å². The summed E-state index contributed by atoms with van der Waals surface area (Å²) in [6.07, 6.45) is 1.70. The maximum absolute atomic E-state index is 12.4. The minimum atomic E-state index is -3.48. The van der Waals surface area contributed by atoms with Gasteiger partial charge in [0.1, 0.15) is 0 Å². The minimum absolute atomic E-state index is 0.0204. The first-order chi connectivity index (χ1) is 8.88. The molecular weight excluding hydrogens is 396 g/mol. The lowest BCUT2D eigenvalue weighted by atomic mass is 10.1. The van der Waals surface area contributed by atoms with E-state index in [4.69, 9.17) is 0 Å². The Bertz CT molecular complexity index is 555. The normalized spacial score (nSPS) is 18.7. The van der Waals surface area contributed by atoms with Crippen LogP contribution in [0, 0.1) is 0 Å². The van der Waals surface area contributed by atoms with Crippen LogP contribution in [0.3, 0.4) is 0 Å². The van der Waals surface area contributed by atoms with Gasteiger partial charge < -0.3 is 4.90 Å². The Balaban J connectivity index is 2.16. The lowest BCUT2D eigenvalue weighted by Gasteiger charge is -2.29. The third-order valence-electron chi connectivity index (χ3n) is 3.22. The van der Waals surface area contributed by atoms with Gasteiger partial charge in [0, 0.05) is 15.0 Å². The molecule has 0 atom stereocenters. The monoisotopic (exact) mass is 410 g/mol. The van der Waals surface area contributed by atoms with E-state index in [1.54, 1.807) is 18.2 Å². The standard InChI is InChI=1S/C12H16Br2N2O2S/c1-16-6-4-10(5-7-16)15-19(17,18)12-8-9(13)2-3-11(12)14/h2-3,8,10,15H,4-7H2,1H3. The second kappa shape index (κ2) is 6.22. The van der Waals surface area contributed by atoms with Crippen molar-refractivity contribution in [2.75, 3.05) is 20.1 Å². The van der Waals surface area contributed by atoms with Crippen molar-refractivity contribution in [3.63, 3.8) is 0 Å². The van der Waals surface area contributed by atoms with Gasteiger partial charge in [0.05, 0.1) is 4.90 Å². The molecule has 106 valence electrons. The zero-order chi connectivity index (χ0) is 14.0. The van der Waals surface area contributed by atoms with Crippen LogP contribution in [-0.4, -0.2) is 39.5 Å². The molecule has 0 unspecified atom stereocenters. The van der Waals surface area contributed by atoms with Crippen LogP contribution in [-0.2, 0) is 10.0 Å². The number of hydrogen-bond acceptors (Lipinski definition) is 3. The molecule has 0 radical (unpaired) electrons. The summed E-state index contributed by atoms with van der Waals surface area (Å²) in [5.74, 6) is 0. The van der Waals surface area contributed by atoms with E-state index in [0.29, 0.717) is 4.47 Å². The van der Waals surface area contributed by atoms with Crippen molar-refractivity contribution in [1.82, 2.24) is 9.62 Å². The van der Waals surface area contributed by atoms with E-state index in [1.165, 1.54) is 0 Å². The van der Waals surface area contributed by atoms with E-state index in [2.05, 4.69) is 48.5 Å². The molecule has 0 saturated carbocycles. The molecule has 1 aliphatic heterocycles. The van der Waals surface area contributed by atoms with Gasteiger partial charge in [-0.3, -0.25) is 0 Å². The first kappa shape index (κ1) is 15.4. The first-order valence-corrected chi connectivity index (χ1v) is 9.11. The quantitative estimate of drug-likeness (QED) is 0.831. The van der Waals surface area contributed by atoms with Gasteiger partial charge in [0.2, 0.25) is 10.0 Å². The zero-order valence-corrected chi connectivity index (χ0v) is 14.6. The number of hydrogen-bond donors (Lipinski definition) is 1. The van der Waals surface area contributed by atoms with Crippen LogP contribution >= 0.6 is 31.9 Å². The molecule has 0 aromatic heterocycles. The van der Waals surface area contributed by atoms with Crippen LogP contribution < -0.4 is 4.72 Å². The van der Waals surface area contributed by atoms with Gasteiger partial charge in [0.15, 0.2) is 0 Å². The second-order valence-corrected chi connectivity index (χ2v) is 8.23. The summed E-state index contributed by atoms with van der Waals surface area (Å²) < 4.78 is 28.9. The summed E-state index contributed by atoms with van der Waals surface area (Å²) in [6.45, 7) is 1.85. The molecule has 0 amide bonds. The van der Waals surface area contributed by atoms with Crippen molar-refractivity contribution in [3.05, 3.63) is 27.1 Å². The number of sulfonamides is 1. The summed E-state index contributed by atoms with van der Waals surface area (Å²) in [7, 11) is -1.42. The fourth-order valence-electron chi connectivity index (χ4n) is 2.09. The Kier molecular flexibility index (Phi) is 5.05. The third-order valence-corrected chi connectivity index (χ3v) is 6.23. The maximum atomic E-state index is 12.4. The smallest absolute Gasteiger partial charge is 0.241 e. The van der Waals surface area contributed by atoms with Gasteiger partial charge in [-0.25, -0.2) is 13.1 Å². The Morgan fingerprint density at radius 3 is 2.53 bits per heavy atom. The minimum Gasteiger partial charge on any atom is -0.306 e. The van der Waals surface area contributed by atoms with E-state index in [-0.39, 0.29) is 10.9 Å². The maximum Gasteiger partial charge on any atom is 0.241 e. The van der Waals surface area contributed by atoms with Crippen LogP contribution in [0.1, 0.15) is 12.8 Å². The Hall–Kier alpha value is 0.0500. The van der Waals surface area contributed by atoms with Gasteiger partial charge in [-0.2, -0.15) is 0 Å². The molecule has 1 aliphatic rings. The van der Waals surface area contributed by atoms with E-state index in [1.807, 2.05) is 0 Å². The molecule has 0 bridgehead atoms. The number of likely N-dealkylation sites (tertiary alicyclic amines) is 1. The predicted molar refractivity (Wildman–Crippen MR) is 82.7 cm³/mol. The molecule has 1 aromatic rings. The molecule has 1 saturated heterocycles. The molecular formula is C12H16Br2N2O2S. The molecule has 1 aromatic carbocycles. The van der Waals surface area contributed by atoms with Crippen molar-refractivity contribution in [2.45, 2.75) is 23.8 Å². The van der Waals surface area contributed by atoms with Crippen LogP contribution in [0.25, 0.3) is 0 Å². The lowest BCUT2D eigenvalue weighted by molar-refractivity contribution is 0.248. The number of nitrogens with one attached hydrogen (secondary N) is 1. The molecule has 0 spiro atoms. The SMILES string of the molecule is CN1CCC(NS(=O)(=O)c2cc(Br)ccc2Br)CC1. The third kappa shape index (κ3) is 4.01. The van der Waals surface area contributed by atoms with Gasteiger partial charge >= 0.3 is 0 Å². The highest BCUT2D eigenvalue weighted by Gasteiger charge is 2.24. The van der Waals surface area contributed by atoms with Crippen molar-refractivity contribution in [1.29, 1.82) is 0 Å². The molecule has 2 rings (SSSR count). The van der Waals surface area contributed by atoms with Crippen molar-refractivity contribution < 1.29 is 8.42 Å². The van der Waals surface area contributed by atoms with Gasteiger partial charge in [0.25, 0.3) is 0 Å². The van der Waals surface area contributed by atoms with Gasteiger partial charge in [-0.1, -0.05) is 15.9 Å². The fraction of sp³-hybridized carbons (Fsp3) is 0.500. The average molecular weight is 412 g/mol. The van der Waals surface area contributed by atoms with E-state index in [0.717, 1.165) is 30.4 Å². The van der Waals surface area contributed by atoms with Crippen LogP contribution in [0.2, 0.25) is 0 Å². The van der Waals surface area contributed by atoms with E-state index in [9.17, 15) is 8.42 Å². The summed E-state index contributed by atoms with van der Waals surface area (Å²) >= 11 is 6.59. The van der Waals surface area contributed by atoms with Crippen molar-refractivity contribution >= 4 is 41.9 Å². The number of rotatable bonds is 3. The predicted octanol–water partition coefficient (Wildman–Crippen LogP) is 2.58. The highest BCUT2D eigenvalue weighted by atomic mass is 79.9. The topological polar surface area (TPSA) is 49.4 Å². The Labute approximate surface area is 130 Å². The molecule has 4 nitrogen and oxygen atoms in total. The Morgan fingerprint density at radius 1 is 1.26 bits per heavy atom. The van der Waals surface area contributed by atoms with Crippen molar-refractivity contribution in [2.24, 2.45) is 0 Å². The Morgan fingerprint density at radius 2 is 1.89 bits per heavy atom.